The van der Waals surface area contributed by atoms with Crippen molar-refractivity contribution in [2.45, 2.75) is 38.5 Å². The van der Waals surface area contributed by atoms with E-state index in [0.717, 1.165) is 31.5 Å². The van der Waals surface area contributed by atoms with Crippen molar-refractivity contribution in [1.29, 1.82) is 0 Å². The van der Waals surface area contributed by atoms with E-state index in [1.165, 1.54) is 0 Å². The molecule has 0 radical (unpaired) electrons. The molecule has 2 fully saturated rings. The van der Waals surface area contributed by atoms with Gasteiger partial charge < -0.3 is 19.6 Å². The normalized spacial score (nSPS) is 20.2. The quantitative estimate of drug-likeness (QED) is 0.898. The van der Waals surface area contributed by atoms with Gasteiger partial charge in [-0.1, -0.05) is 11.2 Å². The molecule has 2 aliphatic rings. The van der Waals surface area contributed by atoms with Gasteiger partial charge >= 0.3 is 6.03 Å². The number of aryl methyl sites for hydroxylation is 1. The summed E-state index contributed by atoms with van der Waals surface area (Å²) >= 11 is 0. The highest BCUT2D eigenvalue weighted by Crippen LogP contribution is 2.27. The van der Waals surface area contributed by atoms with E-state index in [9.17, 15) is 9.59 Å². The number of nitrogens with one attached hydrogen (secondary N) is 1. The Morgan fingerprint density at radius 2 is 2.19 bits per heavy atom. The van der Waals surface area contributed by atoms with Crippen molar-refractivity contribution in [3.8, 4) is 0 Å². The maximum absolute atomic E-state index is 12.7. The maximum Gasteiger partial charge on any atom is 0.321 e. The summed E-state index contributed by atoms with van der Waals surface area (Å²) in [6.45, 7) is 3.76. The van der Waals surface area contributed by atoms with Gasteiger partial charge in [-0.3, -0.25) is 4.79 Å². The number of hydrogen-bond donors (Lipinski definition) is 1. The monoisotopic (exact) mass is 369 g/mol. The number of hydrogen-bond acceptors (Lipinski definition) is 5. The molecule has 2 aromatic rings. The average molecular weight is 369 g/mol. The van der Waals surface area contributed by atoms with Gasteiger partial charge in [-0.2, -0.15) is 4.98 Å². The molecule has 1 atom stereocenters. The van der Waals surface area contributed by atoms with Crippen LogP contribution >= 0.6 is 0 Å². The van der Waals surface area contributed by atoms with Crippen LogP contribution in [0.15, 0.2) is 28.8 Å². The van der Waals surface area contributed by atoms with Crippen LogP contribution in [0.2, 0.25) is 0 Å². The van der Waals surface area contributed by atoms with E-state index in [1.807, 2.05) is 24.3 Å². The standard InChI is InChI=1S/C19H23N5O3/c1-13-20-18(22-27-13)14-5-3-9-23(12-14)19(26)21-15-6-2-7-16(11-15)24-10-4-8-17(24)25/h2,6-7,11,14H,3-5,8-10,12H2,1H3,(H,21,26)/t14-/m1/s1. The lowest BCUT2D eigenvalue weighted by Crippen LogP contribution is -2.41. The Hall–Kier alpha value is -2.90. The highest BCUT2D eigenvalue weighted by Gasteiger charge is 2.28. The number of piperidine rings is 1. The fourth-order valence-electron chi connectivity index (χ4n) is 3.73. The number of carbonyl (C=O) groups is 2. The van der Waals surface area contributed by atoms with E-state index in [0.29, 0.717) is 36.9 Å². The molecule has 0 bridgehead atoms. The molecule has 1 aromatic carbocycles. The minimum atomic E-state index is -0.148. The zero-order valence-electron chi connectivity index (χ0n) is 15.4. The second-order valence-corrected chi connectivity index (χ2v) is 7.09. The first-order chi connectivity index (χ1) is 13.1. The van der Waals surface area contributed by atoms with E-state index in [1.54, 1.807) is 16.7 Å². The second-order valence-electron chi connectivity index (χ2n) is 7.09. The Bertz CT molecular complexity index is 849. The number of nitrogens with zero attached hydrogens (tertiary/aromatic N) is 4. The van der Waals surface area contributed by atoms with Gasteiger partial charge in [-0.05, 0) is 37.5 Å². The minimum Gasteiger partial charge on any atom is -0.340 e. The summed E-state index contributed by atoms with van der Waals surface area (Å²) in [5.74, 6) is 1.43. The summed E-state index contributed by atoms with van der Waals surface area (Å²) in [5, 5.41) is 6.95. The number of amides is 3. The summed E-state index contributed by atoms with van der Waals surface area (Å²) in [7, 11) is 0. The highest BCUT2D eigenvalue weighted by atomic mass is 16.5. The fraction of sp³-hybridized carbons (Fsp3) is 0.474. The Labute approximate surface area is 157 Å². The SMILES string of the molecule is Cc1nc([C@@H]2CCCN(C(=O)Nc3cccc(N4CCCC4=O)c3)C2)no1. The Kier molecular flexibility index (Phi) is 4.79. The third kappa shape index (κ3) is 3.79. The number of rotatable bonds is 3. The lowest BCUT2D eigenvalue weighted by atomic mass is 9.98. The van der Waals surface area contributed by atoms with Gasteiger partial charge in [0.15, 0.2) is 5.82 Å². The van der Waals surface area contributed by atoms with Crippen LogP contribution in [0.4, 0.5) is 16.2 Å². The van der Waals surface area contributed by atoms with Gasteiger partial charge in [0.25, 0.3) is 0 Å². The van der Waals surface area contributed by atoms with Gasteiger partial charge in [0.05, 0.1) is 0 Å². The molecule has 8 nitrogen and oxygen atoms in total. The van der Waals surface area contributed by atoms with Gasteiger partial charge in [-0.15, -0.1) is 0 Å². The molecule has 8 heteroatoms. The van der Waals surface area contributed by atoms with Crippen molar-refractivity contribution >= 4 is 23.3 Å². The van der Waals surface area contributed by atoms with E-state index >= 15 is 0 Å². The van der Waals surface area contributed by atoms with Crippen LogP contribution in [0, 0.1) is 6.92 Å². The number of benzene rings is 1. The zero-order chi connectivity index (χ0) is 18.8. The van der Waals surface area contributed by atoms with Crippen molar-refractivity contribution in [2.75, 3.05) is 29.9 Å². The molecule has 0 unspecified atom stereocenters. The fourth-order valence-corrected chi connectivity index (χ4v) is 3.73. The second kappa shape index (κ2) is 7.38. The third-order valence-corrected chi connectivity index (χ3v) is 5.10. The molecule has 27 heavy (non-hydrogen) atoms. The molecule has 142 valence electrons. The van der Waals surface area contributed by atoms with Crippen LogP contribution in [-0.4, -0.2) is 46.6 Å². The number of aromatic nitrogens is 2. The summed E-state index contributed by atoms with van der Waals surface area (Å²) in [6, 6.07) is 7.30. The van der Waals surface area contributed by atoms with Gasteiger partial charge in [0.2, 0.25) is 11.8 Å². The lowest BCUT2D eigenvalue weighted by Gasteiger charge is -2.31. The van der Waals surface area contributed by atoms with Crippen molar-refractivity contribution in [1.82, 2.24) is 15.0 Å². The Morgan fingerprint density at radius 1 is 1.30 bits per heavy atom. The van der Waals surface area contributed by atoms with Crippen molar-refractivity contribution < 1.29 is 14.1 Å². The Balaban J connectivity index is 1.42. The minimum absolute atomic E-state index is 0.0931. The molecular weight excluding hydrogens is 346 g/mol. The molecular formula is C19H23N5O3. The topological polar surface area (TPSA) is 91.6 Å². The predicted molar refractivity (Wildman–Crippen MR) is 99.6 cm³/mol. The summed E-state index contributed by atoms with van der Waals surface area (Å²) < 4.78 is 5.07. The van der Waals surface area contributed by atoms with E-state index < -0.39 is 0 Å². The maximum atomic E-state index is 12.7. The van der Waals surface area contributed by atoms with Crippen LogP contribution < -0.4 is 10.2 Å². The Morgan fingerprint density at radius 3 is 2.93 bits per heavy atom. The smallest absolute Gasteiger partial charge is 0.321 e. The van der Waals surface area contributed by atoms with Crippen molar-refractivity contribution in [3.05, 3.63) is 36.0 Å². The number of urea groups is 1. The zero-order valence-corrected chi connectivity index (χ0v) is 15.4. The lowest BCUT2D eigenvalue weighted by molar-refractivity contribution is -0.117. The first-order valence-corrected chi connectivity index (χ1v) is 9.37. The van der Waals surface area contributed by atoms with Gasteiger partial charge in [0.1, 0.15) is 0 Å². The summed E-state index contributed by atoms with van der Waals surface area (Å²) in [4.78, 5) is 32.5. The van der Waals surface area contributed by atoms with E-state index in [-0.39, 0.29) is 17.9 Å². The van der Waals surface area contributed by atoms with Crippen LogP contribution in [-0.2, 0) is 4.79 Å². The number of likely N-dealkylation sites (tertiary alicyclic amines) is 1. The van der Waals surface area contributed by atoms with E-state index in [2.05, 4.69) is 15.5 Å². The third-order valence-electron chi connectivity index (χ3n) is 5.10. The number of carbonyl (C=O) groups excluding carboxylic acids is 2. The van der Waals surface area contributed by atoms with Crippen LogP contribution in [0.25, 0.3) is 0 Å². The summed E-state index contributed by atoms with van der Waals surface area (Å²) in [6.07, 6.45) is 3.30. The van der Waals surface area contributed by atoms with E-state index in [4.69, 9.17) is 4.52 Å². The van der Waals surface area contributed by atoms with Crippen LogP contribution in [0.3, 0.4) is 0 Å². The van der Waals surface area contributed by atoms with Gasteiger partial charge in [-0.25, -0.2) is 4.79 Å². The molecule has 0 aliphatic carbocycles. The molecule has 1 aromatic heterocycles. The largest absolute Gasteiger partial charge is 0.340 e. The van der Waals surface area contributed by atoms with Crippen LogP contribution in [0.1, 0.15) is 43.3 Å². The highest BCUT2D eigenvalue weighted by molar-refractivity contribution is 5.96. The average Bonchev–Trinajstić information content (AvgIpc) is 3.30. The molecule has 0 spiro atoms. The number of anilines is 2. The predicted octanol–water partition coefficient (Wildman–Crippen LogP) is 2.92. The molecule has 4 rings (SSSR count). The molecule has 3 amide bonds. The summed E-state index contributed by atoms with van der Waals surface area (Å²) in [5.41, 5.74) is 1.52. The first kappa shape index (κ1) is 17.5. The molecule has 2 aliphatic heterocycles. The van der Waals surface area contributed by atoms with Crippen molar-refractivity contribution in [2.24, 2.45) is 0 Å². The molecule has 3 heterocycles. The van der Waals surface area contributed by atoms with Crippen molar-refractivity contribution in [3.63, 3.8) is 0 Å². The van der Waals surface area contributed by atoms with Crippen LogP contribution in [0.5, 0.6) is 0 Å². The first-order valence-electron chi connectivity index (χ1n) is 9.37. The molecule has 1 N–H and O–H groups in total. The molecule has 2 saturated heterocycles. The molecule has 0 saturated carbocycles. The van der Waals surface area contributed by atoms with Gasteiger partial charge in [0, 0.05) is 50.3 Å².